The Balaban J connectivity index is 1.53. The predicted molar refractivity (Wildman–Crippen MR) is 145 cm³/mol. The molecule has 0 aromatic carbocycles. The van der Waals surface area contributed by atoms with Crippen LogP contribution in [0.3, 0.4) is 0 Å². The summed E-state index contributed by atoms with van der Waals surface area (Å²) in [6, 6.07) is 0. The second-order valence-corrected chi connectivity index (χ2v) is 15.5. The summed E-state index contributed by atoms with van der Waals surface area (Å²) in [5.74, 6) is 4.01. The van der Waals surface area contributed by atoms with Crippen molar-refractivity contribution in [3.05, 3.63) is 12.2 Å². The molecule has 5 fully saturated rings. The lowest BCUT2D eigenvalue weighted by atomic mass is 9.32. The third-order valence-electron chi connectivity index (χ3n) is 14.2. The fraction of sp³-hybridized carbons (Fsp3) is 0.939. The maximum atomic E-state index is 11.0. The molecule has 1 heteroatoms. The van der Waals surface area contributed by atoms with Crippen molar-refractivity contribution in [1.29, 1.82) is 0 Å². The van der Waals surface area contributed by atoms with Crippen molar-refractivity contribution in [3.8, 4) is 0 Å². The number of aliphatic hydroxyl groups is 1. The largest absolute Gasteiger partial charge is 0.393 e. The summed E-state index contributed by atoms with van der Waals surface area (Å²) < 4.78 is 0. The Morgan fingerprint density at radius 2 is 1.56 bits per heavy atom. The zero-order chi connectivity index (χ0) is 24.7. The molecule has 0 bridgehead atoms. The van der Waals surface area contributed by atoms with E-state index in [2.05, 4.69) is 55.0 Å². The topological polar surface area (TPSA) is 20.2 Å². The lowest BCUT2D eigenvalue weighted by Crippen LogP contribution is -2.66. The van der Waals surface area contributed by atoms with Gasteiger partial charge in [-0.3, -0.25) is 0 Å². The molecule has 5 aliphatic rings. The number of hydrogen-bond donors (Lipinski definition) is 1. The smallest absolute Gasteiger partial charge is 0.0594 e. The van der Waals surface area contributed by atoms with Crippen molar-refractivity contribution in [2.45, 2.75) is 138 Å². The number of fused-ring (bicyclic) bond motifs is 7. The lowest BCUT2D eigenvalue weighted by Gasteiger charge is -2.73. The first-order chi connectivity index (χ1) is 15.9. The van der Waals surface area contributed by atoms with Crippen molar-refractivity contribution in [2.24, 2.45) is 56.7 Å². The van der Waals surface area contributed by atoms with E-state index in [-0.39, 0.29) is 11.5 Å². The summed E-state index contributed by atoms with van der Waals surface area (Å²) in [7, 11) is 0. The van der Waals surface area contributed by atoms with Crippen LogP contribution >= 0.6 is 0 Å². The first-order valence-electron chi connectivity index (χ1n) is 15.2. The molecular weight excluding hydrogens is 412 g/mol. The number of hydrogen-bond acceptors (Lipinski definition) is 1. The molecule has 1 N–H and O–H groups in total. The molecule has 5 rings (SSSR count). The Labute approximate surface area is 211 Å². The van der Waals surface area contributed by atoms with Crippen LogP contribution in [-0.4, -0.2) is 11.2 Å². The van der Waals surface area contributed by atoms with E-state index in [4.69, 9.17) is 0 Å². The van der Waals surface area contributed by atoms with E-state index in [1.165, 1.54) is 82.6 Å². The molecule has 0 aromatic rings. The van der Waals surface area contributed by atoms with Crippen molar-refractivity contribution in [2.75, 3.05) is 0 Å². The minimum absolute atomic E-state index is 0.0600. The highest BCUT2D eigenvalue weighted by atomic mass is 16.3. The van der Waals surface area contributed by atoms with Crippen molar-refractivity contribution in [3.63, 3.8) is 0 Å². The van der Waals surface area contributed by atoms with Gasteiger partial charge in [0.2, 0.25) is 0 Å². The van der Waals surface area contributed by atoms with Crippen LogP contribution < -0.4 is 0 Å². The van der Waals surface area contributed by atoms with Gasteiger partial charge in [0.15, 0.2) is 0 Å². The van der Waals surface area contributed by atoms with E-state index < -0.39 is 0 Å². The monoisotopic (exact) mass is 468 g/mol. The maximum Gasteiger partial charge on any atom is 0.0594 e. The molecule has 0 saturated heterocycles. The van der Waals surface area contributed by atoms with Crippen LogP contribution in [0.15, 0.2) is 12.2 Å². The van der Waals surface area contributed by atoms with Crippen LogP contribution in [0.4, 0.5) is 0 Å². The van der Waals surface area contributed by atoms with Gasteiger partial charge in [-0.15, -0.1) is 0 Å². The van der Waals surface area contributed by atoms with Gasteiger partial charge in [0, 0.05) is 0 Å². The van der Waals surface area contributed by atoms with E-state index in [0.717, 1.165) is 30.1 Å². The third-order valence-corrected chi connectivity index (χ3v) is 14.2. The van der Waals surface area contributed by atoms with E-state index in [1.807, 2.05) is 0 Å². The molecule has 34 heavy (non-hydrogen) atoms. The molecule has 0 heterocycles. The van der Waals surface area contributed by atoms with Gasteiger partial charge < -0.3 is 5.11 Å². The minimum atomic E-state index is -0.120. The quantitative estimate of drug-likeness (QED) is 0.408. The van der Waals surface area contributed by atoms with Crippen molar-refractivity contribution >= 4 is 0 Å². The number of unbranched alkanes of at least 4 members (excludes halogenated alkanes) is 1. The van der Waals surface area contributed by atoms with Crippen LogP contribution in [0.2, 0.25) is 0 Å². The van der Waals surface area contributed by atoms with E-state index >= 15 is 0 Å². The predicted octanol–water partition coefficient (Wildman–Crippen LogP) is 9.20. The second-order valence-electron chi connectivity index (χ2n) is 15.5. The Morgan fingerprint density at radius 1 is 0.824 bits per heavy atom. The molecule has 0 aliphatic heterocycles. The summed E-state index contributed by atoms with van der Waals surface area (Å²) in [5, 5.41) is 11.0. The molecule has 5 aliphatic carbocycles. The Hall–Kier alpha value is -0.300. The molecule has 5 saturated carbocycles. The highest BCUT2D eigenvalue weighted by Gasteiger charge is 2.70. The fourth-order valence-corrected chi connectivity index (χ4v) is 12.2. The van der Waals surface area contributed by atoms with Gasteiger partial charge in [-0.05, 0) is 134 Å². The molecule has 0 radical (unpaired) electrons. The van der Waals surface area contributed by atoms with Crippen LogP contribution in [0.25, 0.3) is 0 Å². The molecule has 0 spiro atoms. The summed E-state index contributed by atoms with van der Waals surface area (Å²) in [5.41, 5.74) is 3.44. The van der Waals surface area contributed by atoms with Crippen molar-refractivity contribution in [1.82, 2.24) is 0 Å². The molecule has 0 unspecified atom stereocenters. The SMILES string of the molecule is C=C(C)[C@@H]1CC[C@]2(CCCC)CC[C@]3(C)[C@H](CC[C@@H]4[C@@]5(C)CC[C@H](O)C(C)(C)[C@@H]5CC[C@]43C)[C@@H]12. The highest BCUT2D eigenvalue weighted by molar-refractivity contribution is 5.21. The van der Waals surface area contributed by atoms with Crippen molar-refractivity contribution < 1.29 is 5.11 Å². The molecule has 194 valence electrons. The second kappa shape index (κ2) is 8.10. The Kier molecular flexibility index (Phi) is 6.04. The third kappa shape index (κ3) is 3.13. The maximum absolute atomic E-state index is 11.0. The van der Waals surface area contributed by atoms with Crippen LogP contribution in [0.1, 0.15) is 132 Å². The first kappa shape index (κ1) is 25.4. The van der Waals surface area contributed by atoms with E-state index in [0.29, 0.717) is 27.6 Å². The van der Waals surface area contributed by atoms with Gasteiger partial charge in [0.05, 0.1) is 6.10 Å². The first-order valence-corrected chi connectivity index (χ1v) is 15.2. The standard InChI is InChI=1S/C33H56O/c1-9-10-16-33-19-13-23(22(2)3)28(33)24-11-12-26-30(6)17-15-27(34)29(4,5)25(30)14-18-32(26,8)31(24,7)20-21-33/h23-28,34H,2,9-21H2,1,3-8H3/t23-,24+,25-,26+,27-,28+,30-,31+,32+,33+/m0/s1. The van der Waals surface area contributed by atoms with Gasteiger partial charge in [0.25, 0.3) is 0 Å². The molecule has 10 atom stereocenters. The minimum Gasteiger partial charge on any atom is -0.393 e. The normalized spacial score (nSPS) is 53.9. The Bertz CT molecular complexity index is 811. The van der Waals surface area contributed by atoms with Gasteiger partial charge in [-0.25, -0.2) is 0 Å². The fourth-order valence-electron chi connectivity index (χ4n) is 12.2. The summed E-state index contributed by atoms with van der Waals surface area (Å²) in [6.45, 7) is 22.3. The summed E-state index contributed by atoms with van der Waals surface area (Å²) >= 11 is 0. The zero-order valence-electron chi connectivity index (χ0n) is 23.8. The molecule has 0 amide bonds. The van der Waals surface area contributed by atoms with Gasteiger partial charge >= 0.3 is 0 Å². The Morgan fingerprint density at radius 3 is 2.24 bits per heavy atom. The average molecular weight is 469 g/mol. The van der Waals surface area contributed by atoms with Gasteiger partial charge in [-0.1, -0.05) is 66.5 Å². The average Bonchev–Trinajstić information content (AvgIpc) is 3.16. The number of allylic oxidation sites excluding steroid dienone is 1. The van der Waals surface area contributed by atoms with E-state index in [9.17, 15) is 5.11 Å². The van der Waals surface area contributed by atoms with Crippen LogP contribution in [0.5, 0.6) is 0 Å². The molecule has 0 aromatic heterocycles. The lowest BCUT2D eigenvalue weighted by molar-refractivity contribution is -0.248. The highest BCUT2D eigenvalue weighted by Crippen LogP contribution is 2.77. The summed E-state index contributed by atoms with van der Waals surface area (Å²) in [4.78, 5) is 0. The number of aliphatic hydroxyl groups excluding tert-OH is 1. The van der Waals surface area contributed by atoms with Gasteiger partial charge in [0.1, 0.15) is 0 Å². The van der Waals surface area contributed by atoms with Gasteiger partial charge in [-0.2, -0.15) is 0 Å². The molecular formula is C33H56O. The molecule has 1 nitrogen and oxygen atoms in total. The summed E-state index contributed by atoms with van der Waals surface area (Å²) in [6.07, 6.45) is 17.7. The van der Waals surface area contributed by atoms with Crippen LogP contribution in [-0.2, 0) is 0 Å². The van der Waals surface area contributed by atoms with E-state index in [1.54, 1.807) is 0 Å². The zero-order valence-corrected chi connectivity index (χ0v) is 23.8. The number of rotatable bonds is 4. The van der Waals surface area contributed by atoms with Crippen LogP contribution in [0, 0.1) is 56.7 Å².